The van der Waals surface area contributed by atoms with Crippen molar-refractivity contribution < 1.29 is 23.5 Å². The molecule has 120 valence electrons. The molecule has 1 unspecified atom stereocenters. The lowest BCUT2D eigenvalue weighted by Crippen LogP contribution is -2.37. The van der Waals surface area contributed by atoms with Crippen molar-refractivity contribution in [1.29, 1.82) is 0 Å². The molecule has 0 saturated carbocycles. The summed E-state index contributed by atoms with van der Waals surface area (Å²) >= 11 is 0. The van der Waals surface area contributed by atoms with Crippen LogP contribution < -0.4 is 5.32 Å². The molecule has 1 aliphatic rings. The number of amides is 2. The fourth-order valence-corrected chi connectivity index (χ4v) is 2.38. The Hall–Kier alpha value is -2.18. The Labute approximate surface area is 126 Å². The summed E-state index contributed by atoms with van der Waals surface area (Å²) in [6, 6.07) is 4.96. The van der Waals surface area contributed by atoms with E-state index in [1.54, 1.807) is 6.92 Å². The molecule has 0 spiro atoms. The molecular weight excluding hydrogens is 294 g/mol. The van der Waals surface area contributed by atoms with Crippen LogP contribution in [0.2, 0.25) is 0 Å². The number of halogens is 2. The SMILES string of the molecule is CC1(C(=O)O)CCN(C(=O)Nc2cccc(C(C)(F)F)c2)C1. The van der Waals surface area contributed by atoms with Crippen molar-refractivity contribution in [2.75, 3.05) is 18.4 Å². The van der Waals surface area contributed by atoms with Gasteiger partial charge in [0.2, 0.25) is 0 Å². The number of carboxylic acid groups (broad SMARTS) is 1. The molecule has 0 radical (unpaired) electrons. The highest BCUT2D eigenvalue weighted by atomic mass is 19.3. The average molecular weight is 312 g/mol. The molecule has 1 aromatic rings. The Bertz CT molecular complexity index is 601. The number of nitrogens with one attached hydrogen (secondary N) is 1. The third kappa shape index (κ3) is 3.35. The van der Waals surface area contributed by atoms with E-state index >= 15 is 0 Å². The highest BCUT2D eigenvalue weighted by Crippen LogP contribution is 2.31. The molecule has 1 aromatic carbocycles. The van der Waals surface area contributed by atoms with Crippen LogP contribution in [0.25, 0.3) is 0 Å². The number of benzene rings is 1. The molecule has 7 heteroatoms. The van der Waals surface area contributed by atoms with E-state index in [0.29, 0.717) is 13.0 Å². The van der Waals surface area contributed by atoms with Gasteiger partial charge >= 0.3 is 12.0 Å². The van der Waals surface area contributed by atoms with E-state index < -0.39 is 23.3 Å². The third-order valence-corrected chi connectivity index (χ3v) is 3.90. The first-order chi connectivity index (χ1) is 10.1. The Morgan fingerprint density at radius 3 is 2.64 bits per heavy atom. The van der Waals surface area contributed by atoms with Crippen molar-refractivity contribution in [2.45, 2.75) is 26.2 Å². The minimum Gasteiger partial charge on any atom is -0.481 e. The van der Waals surface area contributed by atoms with Crippen molar-refractivity contribution in [2.24, 2.45) is 5.41 Å². The number of alkyl halides is 2. The first kappa shape index (κ1) is 16.2. The fraction of sp³-hybridized carbons (Fsp3) is 0.467. The van der Waals surface area contributed by atoms with Crippen LogP contribution >= 0.6 is 0 Å². The van der Waals surface area contributed by atoms with Crippen molar-refractivity contribution in [3.63, 3.8) is 0 Å². The number of carbonyl (C=O) groups is 2. The van der Waals surface area contributed by atoms with E-state index in [1.807, 2.05) is 0 Å². The van der Waals surface area contributed by atoms with Crippen LogP contribution in [0, 0.1) is 5.41 Å². The van der Waals surface area contributed by atoms with Gasteiger partial charge in [-0.25, -0.2) is 13.6 Å². The molecule has 2 amide bonds. The fourth-order valence-electron chi connectivity index (χ4n) is 2.38. The second kappa shape index (κ2) is 5.55. The molecule has 0 aromatic heterocycles. The predicted molar refractivity (Wildman–Crippen MR) is 77.0 cm³/mol. The van der Waals surface area contributed by atoms with E-state index in [2.05, 4.69) is 5.32 Å². The summed E-state index contributed by atoms with van der Waals surface area (Å²) in [7, 11) is 0. The quantitative estimate of drug-likeness (QED) is 0.901. The topological polar surface area (TPSA) is 69.6 Å². The molecule has 5 nitrogen and oxygen atoms in total. The van der Waals surface area contributed by atoms with Gasteiger partial charge in [0.25, 0.3) is 5.92 Å². The number of anilines is 1. The second-order valence-electron chi connectivity index (χ2n) is 5.94. The number of rotatable bonds is 3. The standard InChI is InChI=1S/C15H18F2N2O3/c1-14(12(20)21)6-7-19(9-14)13(22)18-11-5-3-4-10(8-11)15(2,16)17/h3-5,8H,6-7,9H2,1-2H3,(H,18,22)(H,20,21). The normalized spacial score (nSPS) is 21.7. The van der Waals surface area contributed by atoms with Gasteiger partial charge in [-0.05, 0) is 25.5 Å². The molecule has 1 atom stereocenters. The van der Waals surface area contributed by atoms with Crippen LogP contribution in [0.3, 0.4) is 0 Å². The summed E-state index contributed by atoms with van der Waals surface area (Å²) in [6.45, 7) is 2.78. The number of hydrogen-bond acceptors (Lipinski definition) is 2. The number of carbonyl (C=O) groups excluding carboxylic acids is 1. The van der Waals surface area contributed by atoms with Gasteiger partial charge in [-0.3, -0.25) is 4.79 Å². The molecule has 1 aliphatic heterocycles. The molecule has 2 N–H and O–H groups in total. The number of nitrogens with zero attached hydrogens (tertiary/aromatic N) is 1. The largest absolute Gasteiger partial charge is 0.481 e. The van der Waals surface area contributed by atoms with Gasteiger partial charge < -0.3 is 15.3 Å². The van der Waals surface area contributed by atoms with Crippen molar-refractivity contribution >= 4 is 17.7 Å². The summed E-state index contributed by atoms with van der Waals surface area (Å²) in [6.07, 6.45) is 0.364. The molecule has 1 heterocycles. The smallest absolute Gasteiger partial charge is 0.321 e. The average Bonchev–Trinajstić information content (AvgIpc) is 2.82. The number of hydrogen-bond donors (Lipinski definition) is 2. The number of likely N-dealkylation sites (tertiary alicyclic amines) is 1. The summed E-state index contributed by atoms with van der Waals surface area (Å²) in [5.74, 6) is -3.94. The van der Waals surface area contributed by atoms with Gasteiger partial charge in [-0.1, -0.05) is 12.1 Å². The molecule has 0 aliphatic carbocycles. The first-order valence-corrected chi connectivity index (χ1v) is 6.89. The first-order valence-electron chi connectivity index (χ1n) is 6.89. The highest BCUT2D eigenvalue weighted by Gasteiger charge is 2.42. The summed E-state index contributed by atoms with van der Waals surface area (Å²) < 4.78 is 26.6. The van der Waals surface area contributed by atoms with Gasteiger partial charge in [-0.15, -0.1) is 0 Å². The summed E-state index contributed by atoms with van der Waals surface area (Å²) in [4.78, 5) is 24.7. The van der Waals surface area contributed by atoms with Gasteiger partial charge in [0.05, 0.1) is 5.41 Å². The Balaban J connectivity index is 2.06. The molecule has 2 rings (SSSR count). The lowest BCUT2D eigenvalue weighted by Gasteiger charge is -2.21. The van der Waals surface area contributed by atoms with Crippen LogP contribution in [0.5, 0.6) is 0 Å². The lowest BCUT2D eigenvalue weighted by molar-refractivity contribution is -0.146. The van der Waals surface area contributed by atoms with E-state index in [4.69, 9.17) is 5.11 Å². The van der Waals surface area contributed by atoms with Crippen LogP contribution in [0.15, 0.2) is 24.3 Å². The second-order valence-corrected chi connectivity index (χ2v) is 5.94. The van der Waals surface area contributed by atoms with E-state index in [-0.39, 0.29) is 17.8 Å². The van der Waals surface area contributed by atoms with Crippen molar-refractivity contribution in [1.82, 2.24) is 4.90 Å². The van der Waals surface area contributed by atoms with Gasteiger partial charge in [0, 0.05) is 31.3 Å². The minimum absolute atomic E-state index is 0.0950. The van der Waals surface area contributed by atoms with Crippen LogP contribution in [0.4, 0.5) is 19.3 Å². The zero-order valence-electron chi connectivity index (χ0n) is 12.4. The maximum absolute atomic E-state index is 13.3. The number of carboxylic acids is 1. The van der Waals surface area contributed by atoms with Gasteiger partial charge in [0.1, 0.15) is 0 Å². The van der Waals surface area contributed by atoms with Crippen LogP contribution in [-0.4, -0.2) is 35.1 Å². The third-order valence-electron chi connectivity index (χ3n) is 3.90. The van der Waals surface area contributed by atoms with E-state index in [1.165, 1.54) is 29.2 Å². The molecule has 22 heavy (non-hydrogen) atoms. The zero-order chi connectivity index (χ0) is 16.5. The maximum atomic E-state index is 13.3. The van der Waals surface area contributed by atoms with E-state index in [0.717, 1.165) is 6.92 Å². The lowest BCUT2D eigenvalue weighted by atomic mass is 9.90. The van der Waals surface area contributed by atoms with Crippen LogP contribution in [0.1, 0.15) is 25.8 Å². The van der Waals surface area contributed by atoms with E-state index in [9.17, 15) is 18.4 Å². The predicted octanol–water partition coefficient (Wildman–Crippen LogP) is 3.13. The van der Waals surface area contributed by atoms with Gasteiger partial charge in [-0.2, -0.15) is 0 Å². The summed E-state index contributed by atoms with van der Waals surface area (Å²) in [5, 5.41) is 11.7. The number of aliphatic carboxylic acids is 1. The van der Waals surface area contributed by atoms with Crippen molar-refractivity contribution in [3.8, 4) is 0 Å². The molecule has 1 fully saturated rings. The zero-order valence-corrected chi connectivity index (χ0v) is 12.4. The molecule has 1 saturated heterocycles. The highest BCUT2D eigenvalue weighted by molar-refractivity contribution is 5.90. The van der Waals surface area contributed by atoms with Crippen molar-refractivity contribution in [3.05, 3.63) is 29.8 Å². The van der Waals surface area contributed by atoms with Crippen LogP contribution in [-0.2, 0) is 10.7 Å². The Morgan fingerprint density at radius 1 is 1.41 bits per heavy atom. The molecular formula is C15H18F2N2O3. The minimum atomic E-state index is -2.99. The monoisotopic (exact) mass is 312 g/mol. The summed E-state index contributed by atoms with van der Waals surface area (Å²) in [5.41, 5.74) is -0.898. The maximum Gasteiger partial charge on any atom is 0.321 e. The molecule has 0 bridgehead atoms. The van der Waals surface area contributed by atoms with Gasteiger partial charge in [0.15, 0.2) is 0 Å². The Kier molecular flexibility index (Phi) is 4.08. The Morgan fingerprint density at radius 2 is 2.09 bits per heavy atom. The number of urea groups is 1.